The van der Waals surface area contributed by atoms with Crippen molar-refractivity contribution in [1.29, 1.82) is 0 Å². The van der Waals surface area contributed by atoms with Gasteiger partial charge in [-0.05, 0) is 111 Å². The lowest BCUT2D eigenvalue weighted by molar-refractivity contribution is -0.118. The number of hydrogen-bond acceptors (Lipinski definition) is 6. The van der Waals surface area contributed by atoms with Crippen molar-refractivity contribution in [1.82, 2.24) is 4.90 Å². The maximum atomic E-state index is 13.9. The summed E-state index contributed by atoms with van der Waals surface area (Å²) in [6, 6.07) is 20.6. The van der Waals surface area contributed by atoms with Crippen LogP contribution in [0.5, 0.6) is 11.5 Å². The summed E-state index contributed by atoms with van der Waals surface area (Å²) in [6.45, 7) is 8.94. The fraction of sp³-hybridized carbons (Fsp3) is 0.486. The van der Waals surface area contributed by atoms with Gasteiger partial charge in [0.05, 0.1) is 38.9 Å². The van der Waals surface area contributed by atoms with Crippen LogP contribution in [-0.4, -0.2) is 70.0 Å². The maximum absolute atomic E-state index is 13.9. The normalized spacial score (nSPS) is 22.3. The minimum Gasteiger partial charge on any atom is -0.493 e. The first-order valence-corrected chi connectivity index (χ1v) is 16.8. The van der Waals surface area contributed by atoms with Gasteiger partial charge in [-0.3, -0.25) is 9.69 Å². The fourth-order valence-corrected chi connectivity index (χ4v) is 7.45. The van der Waals surface area contributed by atoms with Crippen molar-refractivity contribution in [2.75, 3.05) is 56.8 Å². The van der Waals surface area contributed by atoms with Gasteiger partial charge in [-0.1, -0.05) is 23.7 Å². The Morgan fingerprint density at radius 3 is 2.29 bits per heavy atom. The average Bonchev–Trinajstić information content (AvgIpc) is 3.05. The molecule has 7 nitrogen and oxygen atoms in total. The largest absolute Gasteiger partial charge is 0.493 e. The first-order chi connectivity index (χ1) is 21.8. The van der Waals surface area contributed by atoms with Crippen molar-refractivity contribution >= 4 is 28.9 Å². The van der Waals surface area contributed by atoms with Gasteiger partial charge in [-0.25, -0.2) is 0 Å². The van der Waals surface area contributed by atoms with Gasteiger partial charge in [0.1, 0.15) is 0 Å². The number of amides is 1. The molecular formula is C37H46ClN3O4. The Labute approximate surface area is 273 Å². The standard InChI is InChI=1S/C37H46ClN3O4/c1-25(2)45-35-23-33-28(21-34(35)43-4)22-36(42)41(37(33)27-7-9-29(38)10-8-27)32-15-13-30(14-16-32)39(3)24-26-5-11-31(12-6-26)40-17-19-44-20-18-40/h7-10,13-16,21,23,25-26,31,37H,5-6,11-12,17-20,22,24H2,1-4H3/t26?,31?,37-/m0/s1. The Kier molecular flexibility index (Phi) is 9.88. The first kappa shape index (κ1) is 31.7. The molecule has 1 aliphatic carbocycles. The molecule has 3 aromatic rings. The van der Waals surface area contributed by atoms with E-state index < -0.39 is 0 Å². The van der Waals surface area contributed by atoms with Crippen molar-refractivity contribution in [3.63, 3.8) is 0 Å². The molecule has 0 radical (unpaired) electrons. The lowest BCUT2D eigenvalue weighted by Gasteiger charge is -2.40. The van der Waals surface area contributed by atoms with Crippen molar-refractivity contribution < 1.29 is 19.0 Å². The number of carbonyl (C=O) groups excluding carboxylic acids is 1. The van der Waals surface area contributed by atoms with Gasteiger partial charge in [-0.15, -0.1) is 0 Å². The zero-order valence-electron chi connectivity index (χ0n) is 27.0. The van der Waals surface area contributed by atoms with E-state index in [0.717, 1.165) is 55.2 Å². The number of morpholine rings is 1. The highest BCUT2D eigenvalue weighted by Crippen LogP contribution is 2.44. The molecule has 0 bridgehead atoms. The van der Waals surface area contributed by atoms with Crippen LogP contribution in [0.4, 0.5) is 11.4 Å². The number of hydrogen-bond donors (Lipinski definition) is 0. The summed E-state index contributed by atoms with van der Waals surface area (Å²) in [5, 5.41) is 0.660. The number of benzene rings is 3. The van der Waals surface area contributed by atoms with Gasteiger partial charge >= 0.3 is 0 Å². The number of carbonyl (C=O) groups is 1. The second kappa shape index (κ2) is 14.0. The molecule has 8 heteroatoms. The van der Waals surface area contributed by atoms with Crippen LogP contribution in [0, 0.1) is 5.92 Å². The monoisotopic (exact) mass is 631 g/mol. The molecule has 1 amide bonds. The lowest BCUT2D eigenvalue weighted by atomic mass is 9.85. The summed E-state index contributed by atoms with van der Waals surface area (Å²) >= 11 is 6.29. The molecule has 45 heavy (non-hydrogen) atoms. The Balaban J connectivity index is 1.22. The number of ether oxygens (including phenoxy) is 3. The summed E-state index contributed by atoms with van der Waals surface area (Å²) in [7, 11) is 3.82. The Morgan fingerprint density at radius 2 is 1.64 bits per heavy atom. The van der Waals surface area contributed by atoms with Gasteiger partial charge in [-0.2, -0.15) is 0 Å². The van der Waals surface area contributed by atoms with Gasteiger partial charge in [0.15, 0.2) is 11.5 Å². The van der Waals surface area contributed by atoms with Crippen molar-refractivity contribution in [2.45, 2.75) is 64.1 Å². The molecule has 1 saturated carbocycles. The van der Waals surface area contributed by atoms with Crippen molar-refractivity contribution in [3.8, 4) is 11.5 Å². The van der Waals surface area contributed by atoms with E-state index >= 15 is 0 Å². The third kappa shape index (κ3) is 7.11. The van der Waals surface area contributed by atoms with Crippen LogP contribution in [-0.2, 0) is 16.0 Å². The zero-order chi connectivity index (χ0) is 31.5. The van der Waals surface area contributed by atoms with Crippen LogP contribution in [0.1, 0.15) is 62.3 Å². The molecule has 2 fully saturated rings. The van der Waals surface area contributed by atoms with E-state index in [2.05, 4.69) is 41.1 Å². The Hall–Kier alpha value is -3.26. The van der Waals surface area contributed by atoms with E-state index in [1.165, 1.54) is 31.4 Å². The second-order valence-corrected chi connectivity index (χ2v) is 13.4. The minimum absolute atomic E-state index is 0.0170. The smallest absolute Gasteiger partial charge is 0.232 e. The molecule has 2 aliphatic heterocycles. The topological polar surface area (TPSA) is 54.5 Å². The van der Waals surface area contributed by atoms with Gasteiger partial charge in [0, 0.05) is 49.1 Å². The maximum Gasteiger partial charge on any atom is 0.232 e. The van der Waals surface area contributed by atoms with E-state index in [1.807, 2.05) is 55.1 Å². The zero-order valence-corrected chi connectivity index (χ0v) is 27.8. The van der Waals surface area contributed by atoms with Crippen LogP contribution in [0.2, 0.25) is 5.02 Å². The van der Waals surface area contributed by atoms with E-state index in [4.69, 9.17) is 25.8 Å². The molecule has 240 valence electrons. The molecule has 2 heterocycles. The van der Waals surface area contributed by atoms with Crippen molar-refractivity contribution in [2.24, 2.45) is 5.92 Å². The minimum atomic E-state index is -0.329. The molecule has 1 atom stereocenters. The van der Waals surface area contributed by atoms with Gasteiger partial charge in [0.2, 0.25) is 5.91 Å². The molecule has 1 saturated heterocycles. The summed E-state index contributed by atoms with van der Waals surface area (Å²) < 4.78 is 17.4. The van der Waals surface area contributed by atoms with E-state index in [0.29, 0.717) is 28.5 Å². The quantitative estimate of drug-likeness (QED) is 0.250. The third-order valence-corrected chi connectivity index (χ3v) is 9.87. The SMILES string of the molecule is COc1cc2c(cc1OC(C)C)[C@H](c1ccc(Cl)cc1)N(c1ccc(N(C)CC3CCC(N4CCOCC4)CC3)cc1)C(=O)C2. The second-order valence-electron chi connectivity index (χ2n) is 13.0. The molecular weight excluding hydrogens is 586 g/mol. The van der Waals surface area contributed by atoms with Crippen LogP contribution < -0.4 is 19.3 Å². The van der Waals surface area contributed by atoms with Crippen molar-refractivity contribution in [3.05, 3.63) is 82.4 Å². The molecule has 6 rings (SSSR count). The first-order valence-electron chi connectivity index (χ1n) is 16.4. The number of halogens is 1. The predicted molar refractivity (Wildman–Crippen MR) is 181 cm³/mol. The molecule has 0 N–H and O–H groups in total. The molecule has 3 aliphatic rings. The number of methoxy groups -OCH3 is 1. The highest BCUT2D eigenvalue weighted by atomic mass is 35.5. The molecule has 0 aromatic heterocycles. The van der Waals surface area contributed by atoms with Crippen LogP contribution in [0.25, 0.3) is 0 Å². The van der Waals surface area contributed by atoms with Crippen LogP contribution in [0.3, 0.4) is 0 Å². The van der Waals surface area contributed by atoms with Crippen LogP contribution >= 0.6 is 11.6 Å². The Bertz CT molecular complexity index is 1450. The summed E-state index contributed by atoms with van der Waals surface area (Å²) in [4.78, 5) is 20.8. The van der Waals surface area contributed by atoms with Gasteiger partial charge in [0.25, 0.3) is 0 Å². The molecule has 3 aromatic carbocycles. The number of rotatable bonds is 9. The number of anilines is 2. The molecule has 0 spiro atoms. The average molecular weight is 632 g/mol. The predicted octanol–water partition coefficient (Wildman–Crippen LogP) is 7.14. The molecule has 0 unspecified atom stereocenters. The van der Waals surface area contributed by atoms with Gasteiger partial charge < -0.3 is 24.0 Å². The Morgan fingerprint density at radius 1 is 0.956 bits per heavy atom. The lowest BCUT2D eigenvalue weighted by Crippen LogP contribution is -2.45. The highest BCUT2D eigenvalue weighted by molar-refractivity contribution is 6.30. The number of nitrogens with zero attached hydrogens (tertiary/aromatic N) is 3. The van der Waals surface area contributed by atoms with E-state index in [-0.39, 0.29) is 24.5 Å². The summed E-state index contributed by atoms with van der Waals surface area (Å²) in [6.07, 6.45) is 5.35. The highest BCUT2D eigenvalue weighted by Gasteiger charge is 2.36. The number of fused-ring (bicyclic) bond motifs is 1. The van der Waals surface area contributed by atoms with E-state index in [9.17, 15) is 4.79 Å². The third-order valence-electron chi connectivity index (χ3n) is 9.62. The summed E-state index contributed by atoms with van der Waals surface area (Å²) in [5.41, 5.74) is 5.00. The summed E-state index contributed by atoms with van der Waals surface area (Å²) in [5.74, 6) is 2.05. The van der Waals surface area contributed by atoms with E-state index in [1.54, 1.807) is 7.11 Å². The van der Waals surface area contributed by atoms with Crippen LogP contribution in [0.15, 0.2) is 60.7 Å². The fourth-order valence-electron chi connectivity index (χ4n) is 7.32.